The first-order chi connectivity index (χ1) is 18.6. The van der Waals surface area contributed by atoms with Crippen molar-refractivity contribution in [1.82, 2.24) is 0 Å². The number of thioether (sulfide) groups is 1. The molecule has 4 aromatic rings. The number of benzene rings is 4. The van der Waals surface area contributed by atoms with E-state index in [1.165, 1.54) is 23.9 Å². The van der Waals surface area contributed by atoms with Crippen LogP contribution in [0.2, 0.25) is 0 Å². The Balaban J connectivity index is 1.76. The number of aryl methyl sites for hydroxylation is 2. The van der Waals surface area contributed by atoms with E-state index < -0.39 is 45.4 Å². The van der Waals surface area contributed by atoms with Crippen molar-refractivity contribution in [3.05, 3.63) is 153 Å². The predicted octanol–water partition coefficient (Wildman–Crippen LogP) is 10.1. The summed E-state index contributed by atoms with van der Waals surface area (Å²) >= 11 is 1.36. The van der Waals surface area contributed by atoms with E-state index in [0.29, 0.717) is 24.3 Å². The molecule has 2 unspecified atom stereocenters. The van der Waals surface area contributed by atoms with Crippen LogP contribution >= 0.6 is 11.8 Å². The zero-order chi connectivity index (χ0) is 28.1. The molecule has 0 bridgehead atoms. The molecule has 0 aliphatic heterocycles. The fourth-order valence-corrected chi connectivity index (χ4v) is 5.22. The Labute approximate surface area is 227 Å². The molecule has 0 saturated heterocycles. The first kappa shape index (κ1) is 28.3. The first-order valence-electron chi connectivity index (χ1n) is 12.0. The summed E-state index contributed by atoms with van der Waals surface area (Å²) in [5.41, 5.74) is 2.89. The van der Waals surface area contributed by atoms with E-state index >= 15 is 0 Å². The minimum Gasteiger partial charge on any atom is -0.207 e. The van der Waals surface area contributed by atoms with Gasteiger partial charge in [0.05, 0.1) is 0 Å². The van der Waals surface area contributed by atoms with Crippen molar-refractivity contribution in [2.75, 3.05) is 0 Å². The van der Waals surface area contributed by atoms with Crippen LogP contribution in [0.15, 0.2) is 84.9 Å². The fourth-order valence-electron chi connectivity index (χ4n) is 3.93. The van der Waals surface area contributed by atoms with Gasteiger partial charge in [-0.1, -0.05) is 84.0 Å². The van der Waals surface area contributed by atoms with Gasteiger partial charge in [0.1, 0.15) is 34.9 Å². The van der Waals surface area contributed by atoms with Gasteiger partial charge in [0.2, 0.25) is 0 Å². The molecule has 0 nitrogen and oxygen atoms in total. The summed E-state index contributed by atoms with van der Waals surface area (Å²) in [6, 6.07) is 17.6. The lowest BCUT2D eigenvalue weighted by Crippen LogP contribution is -1.99. The van der Waals surface area contributed by atoms with Crippen LogP contribution in [0, 0.1) is 48.8 Å². The third-order valence-corrected chi connectivity index (χ3v) is 7.51. The summed E-state index contributed by atoms with van der Waals surface area (Å²) < 4.78 is 84.2. The smallest absolute Gasteiger partial charge is 0.136 e. The Morgan fingerprint density at radius 2 is 0.821 bits per heavy atom. The highest BCUT2D eigenvalue weighted by Crippen LogP contribution is 2.43. The summed E-state index contributed by atoms with van der Waals surface area (Å²) in [4.78, 5) is 0. The third-order valence-electron chi connectivity index (χ3n) is 6.07. The second-order valence-corrected chi connectivity index (χ2v) is 10.4. The molecule has 0 heterocycles. The normalized spacial score (nSPS) is 13.3. The van der Waals surface area contributed by atoms with Crippen LogP contribution in [-0.2, 0) is 0 Å². The molecule has 39 heavy (non-hydrogen) atoms. The van der Waals surface area contributed by atoms with Gasteiger partial charge in [-0.2, -0.15) is 0 Å². The molecule has 2 atom stereocenters. The van der Waals surface area contributed by atoms with E-state index in [-0.39, 0.29) is 11.1 Å². The van der Waals surface area contributed by atoms with E-state index in [1.807, 2.05) is 62.4 Å². The van der Waals surface area contributed by atoms with Crippen molar-refractivity contribution in [2.45, 2.75) is 24.3 Å². The van der Waals surface area contributed by atoms with Crippen molar-refractivity contribution >= 4 is 23.9 Å². The lowest BCUT2D eigenvalue weighted by Gasteiger charge is -2.21. The first-order valence-corrected chi connectivity index (χ1v) is 13.0. The summed E-state index contributed by atoms with van der Waals surface area (Å²) in [6.45, 7) is 3.85. The molecule has 0 saturated carbocycles. The third kappa shape index (κ3) is 7.24. The van der Waals surface area contributed by atoms with E-state index in [9.17, 15) is 26.3 Å². The van der Waals surface area contributed by atoms with E-state index in [2.05, 4.69) is 0 Å². The maximum Gasteiger partial charge on any atom is 0.136 e. The van der Waals surface area contributed by atoms with Crippen LogP contribution in [0.5, 0.6) is 0 Å². The Kier molecular flexibility index (Phi) is 9.02. The monoisotopic (exact) mass is 554 g/mol. The number of hydrogen-bond acceptors (Lipinski definition) is 1. The molecule has 0 aliphatic carbocycles. The minimum atomic E-state index is -1.03. The molecule has 0 amide bonds. The van der Waals surface area contributed by atoms with Crippen LogP contribution in [0.1, 0.15) is 43.9 Å². The quantitative estimate of drug-likeness (QED) is 0.195. The maximum atomic E-state index is 14.3. The second-order valence-electron chi connectivity index (χ2n) is 9.08. The number of halogens is 6. The summed E-state index contributed by atoms with van der Waals surface area (Å²) in [7, 11) is 0. The van der Waals surface area contributed by atoms with Gasteiger partial charge < -0.3 is 0 Å². The highest BCUT2D eigenvalue weighted by molar-refractivity contribution is 8.00. The Hall–Kier alpha value is -3.71. The van der Waals surface area contributed by atoms with Crippen LogP contribution in [-0.4, -0.2) is 0 Å². The van der Waals surface area contributed by atoms with Gasteiger partial charge in [-0.15, -0.1) is 11.8 Å². The zero-order valence-electron chi connectivity index (χ0n) is 21.1. The molecule has 0 fully saturated rings. The molecule has 4 rings (SSSR count). The molecular formula is C32H24F6S. The van der Waals surface area contributed by atoms with Gasteiger partial charge in [-0.3, -0.25) is 0 Å². The van der Waals surface area contributed by atoms with Gasteiger partial charge >= 0.3 is 0 Å². The SMILES string of the molecule is Cc1ccc(C(C=Cc2c(F)cc(F)cc2F)SC(C=Cc2c(F)cc(F)cc2F)c2ccc(C)cc2)cc1. The number of rotatable bonds is 8. The molecule has 4 aromatic carbocycles. The largest absolute Gasteiger partial charge is 0.207 e. The zero-order valence-corrected chi connectivity index (χ0v) is 21.9. The Morgan fingerprint density at radius 3 is 1.13 bits per heavy atom. The standard InChI is InChI=1S/C32H24F6S/c1-19-3-7-21(8-4-19)31(13-11-25-27(35)15-23(33)16-28(25)36)39-32(22-9-5-20(2)6-10-22)14-12-26-29(37)17-24(34)18-30(26)38/h3-18,31-32H,1-2H3. The van der Waals surface area contributed by atoms with Crippen LogP contribution in [0.25, 0.3) is 12.2 Å². The molecule has 0 aliphatic rings. The average Bonchev–Trinajstić information content (AvgIpc) is 2.86. The van der Waals surface area contributed by atoms with Crippen LogP contribution in [0.3, 0.4) is 0 Å². The van der Waals surface area contributed by atoms with Gasteiger partial charge in [0.15, 0.2) is 0 Å². The van der Waals surface area contributed by atoms with E-state index in [0.717, 1.165) is 22.3 Å². The van der Waals surface area contributed by atoms with Gasteiger partial charge in [0, 0.05) is 45.9 Å². The molecule has 0 aromatic heterocycles. The van der Waals surface area contributed by atoms with Crippen LogP contribution in [0.4, 0.5) is 26.3 Å². The maximum absolute atomic E-state index is 14.3. The van der Waals surface area contributed by atoms with Crippen molar-refractivity contribution in [2.24, 2.45) is 0 Å². The highest BCUT2D eigenvalue weighted by Gasteiger charge is 2.19. The predicted molar refractivity (Wildman–Crippen MR) is 146 cm³/mol. The van der Waals surface area contributed by atoms with Gasteiger partial charge in [0.25, 0.3) is 0 Å². The van der Waals surface area contributed by atoms with Crippen LogP contribution < -0.4 is 0 Å². The topological polar surface area (TPSA) is 0 Å². The fraction of sp³-hybridized carbons (Fsp3) is 0.125. The Bertz CT molecular complexity index is 1350. The average molecular weight is 555 g/mol. The summed E-state index contributed by atoms with van der Waals surface area (Å²) in [5.74, 6) is -6.17. The Morgan fingerprint density at radius 1 is 0.513 bits per heavy atom. The van der Waals surface area contributed by atoms with Crippen molar-refractivity contribution in [3.8, 4) is 0 Å². The van der Waals surface area contributed by atoms with Crippen molar-refractivity contribution < 1.29 is 26.3 Å². The minimum absolute atomic E-state index is 0.382. The van der Waals surface area contributed by atoms with Crippen molar-refractivity contribution in [3.63, 3.8) is 0 Å². The lowest BCUT2D eigenvalue weighted by atomic mass is 10.1. The van der Waals surface area contributed by atoms with Gasteiger partial charge in [-0.05, 0) is 25.0 Å². The molecule has 0 radical (unpaired) electrons. The van der Waals surface area contributed by atoms with Gasteiger partial charge in [-0.25, -0.2) is 26.3 Å². The highest BCUT2D eigenvalue weighted by atomic mass is 32.2. The lowest BCUT2D eigenvalue weighted by molar-refractivity contribution is 0.539. The second kappa shape index (κ2) is 12.4. The molecule has 0 spiro atoms. The van der Waals surface area contributed by atoms with E-state index in [4.69, 9.17) is 0 Å². The van der Waals surface area contributed by atoms with Crippen molar-refractivity contribution in [1.29, 1.82) is 0 Å². The molecule has 200 valence electrons. The number of hydrogen-bond donors (Lipinski definition) is 0. The summed E-state index contributed by atoms with van der Waals surface area (Å²) in [5, 5.41) is -0.929. The molecule has 7 heteroatoms. The summed E-state index contributed by atoms with van der Waals surface area (Å²) in [6.07, 6.45) is 5.72. The van der Waals surface area contributed by atoms with E-state index in [1.54, 1.807) is 12.2 Å². The molecular weight excluding hydrogens is 530 g/mol. The molecule has 0 N–H and O–H groups in total.